The van der Waals surface area contributed by atoms with E-state index < -0.39 is 30.6 Å². The van der Waals surface area contributed by atoms with Crippen molar-refractivity contribution in [2.75, 3.05) is 26.2 Å². The van der Waals surface area contributed by atoms with Crippen LogP contribution in [0, 0.1) is 5.82 Å². The van der Waals surface area contributed by atoms with Crippen molar-refractivity contribution in [1.82, 2.24) is 20.1 Å². The standard InChI is InChI=1S/C14H18F4N4O/c1-10-8-21(5-6-22(10)9-14(16,17)18)13(23)20-7-12-11(15)3-2-4-19-12/h2-4,10H,5-9H2,1H3,(H,20,23)/t10-/m0/s1. The van der Waals surface area contributed by atoms with Gasteiger partial charge in [-0.2, -0.15) is 13.2 Å². The number of carbonyl (C=O) groups is 1. The molecule has 2 rings (SSSR count). The molecule has 23 heavy (non-hydrogen) atoms. The summed E-state index contributed by atoms with van der Waals surface area (Å²) in [5.41, 5.74) is 0.115. The minimum Gasteiger partial charge on any atom is -0.332 e. The first-order valence-electron chi connectivity index (χ1n) is 7.19. The molecular formula is C14H18F4N4O. The fraction of sp³-hybridized carbons (Fsp3) is 0.571. The zero-order chi connectivity index (χ0) is 17.0. The van der Waals surface area contributed by atoms with Gasteiger partial charge in [-0.15, -0.1) is 0 Å². The smallest absolute Gasteiger partial charge is 0.332 e. The van der Waals surface area contributed by atoms with Crippen molar-refractivity contribution in [2.24, 2.45) is 0 Å². The van der Waals surface area contributed by atoms with Crippen molar-refractivity contribution in [3.63, 3.8) is 0 Å². The van der Waals surface area contributed by atoms with Crippen LogP contribution in [0.2, 0.25) is 0 Å². The summed E-state index contributed by atoms with van der Waals surface area (Å²) in [6.45, 7) is 1.12. The average Bonchev–Trinajstić information content (AvgIpc) is 2.47. The second-order valence-electron chi connectivity index (χ2n) is 5.47. The van der Waals surface area contributed by atoms with Crippen LogP contribution in [0.3, 0.4) is 0 Å². The summed E-state index contributed by atoms with van der Waals surface area (Å²) >= 11 is 0. The highest BCUT2D eigenvalue weighted by atomic mass is 19.4. The van der Waals surface area contributed by atoms with Gasteiger partial charge in [0.15, 0.2) is 0 Å². The van der Waals surface area contributed by atoms with E-state index in [4.69, 9.17) is 0 Å². The SMILES string of the molecule is C[C@H]1CN(C(=O)NCc2ncccc2F)CCN1CC(F)(F)F. The van der Waals surface area contributed by atoms with Gasteiger partial charge in [0, 0.05) is 31.9 Å². The van der Waals surface area contributed by atoms with Gasteiger partial charge in [0.25, 0.3) is 0 Å². The number of nitrogens with one attached hydrogen (secondary N) is 1. The van der Waals surface area contributed by atoms with Crippen molar-refractivity contribution >= 4 is 6.03 Å². The van der Waals surface area contributed by atoms with E-state index in [2.05, 4.69) is 10.3 Å². The summed E-state index contributed by atoms with van der Waals surface area (Å²) in [6.07, 6.45) is -2.84. The lowest BCUT2D eigenvalue weighted by molar-refractivity contribution is -0.153. The summed E-state index contributed by atoms with van der Waals surface area (Å²) in [6, 6.07) is 1.85. The molecule has 128 valence electrons. The van der Waals surface area contributed by atoms with Crippen molar-refractivity contribution in [3.8, 4) is 0 Å². The molecule has 1 fully saturated rings. The molecule has 9 heteroatoms. The van der Waals surface area contributed by atoms with E-state index in [1.54, 1.807) is 6.92 Å². The number of hydrogen-bond donors (Lipinski definition) is 1. The van der Waals surface area contributed by atoms with E-state index in [1.807, 2.05) is 0 Å². The van der Waals surface area contributed by atoms with Crippen LogP contribution >= 0.6 is 0 Å². The number of carbonyl (C=O) groups excluding carboxylic acids is 1. The Hall–Kier alpha value is -1.90. The number of pyridine rings is 1. The Labute approximate surface area is 131 Å². The number of urea groups is 1. The Balaban J connectivity index is 1.84. The van der Waals surface area contributed by atoms with Crippen LogP contribution in [0.25, 0.3) is 0 Å². The lowest BCUT2D eigenvalue weighted by Gasteiger charge is -2.39. The van der Waals surface area contributed by atoms with E-state index in [9.17, 15) is 22.4 Å². The van der Waals surface area contributed by atoms with Gasteiger partial charge in [-0.05, 0) is 19.1 Å². The molecule has 1 aliphatic rings. The van der Waals surface area contributed by atoms with Gasteiger partial charge in [0.1, 0.15) is 5.82 Å². The van der Waals surface area contributed by atoms with Gasteiger partial charge in [-0.3, -0.25) is 9.88 Å². The fourth-order valence-electron chi connectivity index (χ4n) is 2.46. The molecule has 0 radical (unpaired) electrons. The third-order valence-electron chi connectivity index (χ3n) is 3.68. The highest BCUT2D eigenvalue weighted by molar-refractivity contribution is 5.74. The Morgan fingerprint density at radius 1 is 1.43 bits per heavy atom. The van der Waals surface area contributed by atoms with Gasteiger partial charge in [0.2, 0.25) is 0 Å². The summed E-state index contributed by atoms with van der Waals surface area (Å²) in [5.74, 6) is -0.517. The molecule has 1 atom stereocenters. The van der Waals surface area contributed by atoms with E-state index in [0.29, 0.717) is 0 Å². The predicted molar refractivity (Wildman–Crippen MR) is 75.1 cm³/mol. The monoisotopic (exact) mass is 334 g/mol. The predicted octanol–water partition coefficient (Wildman–Crippen LogP) is 2.00. The first-order chi connectivity index (χ1) is 10.8. The Kier molecular flexibility index (Phi) is 5.40. The Morgan fingerprint density at radius 3 is 2.78 bits per heavy atom. The minimum atomic E-state index is -4.25. The largest absolute Gasteiger partial charge is 0.401 e. The molecule has 0 saturated carbocycles. The Bertz CT molecular complexity index is 552. The van der Waals surface area contributed by atoms with Gasteiger partial charge in [-0.25, -0.2) is 9.18 Å². The minimum absolute atomic E-state index is 0.0668. The maximum absolute atomic E-state index is 13.4. The molecule has 0 aliphatic carbocycles. The number of alkyl halides is 3. The first kappa shape index (κ1) is 17.5. The maximum atomic E-state index is 13.4. The van der Waals surface area contributed by atoms with Crippen LogP contribution in [0.15, 0.2) is 18.3 Å². The van der Waals surface area contributed by atoms with Crippen LogP contribution in [-0.2, 0) is 6.54 Å². The number of halogens is 4. The lowest BCUT2D eigenvalue weighted by atomic mass is 10.2. The normalized spacial score (nSPS) is 19.7. The number of piperazine rings is 1. The molecule has 1 aromatic rings. The van der Waals surface area contributed by atoms with Crippen molar-refractivity contribution in [2.45, 2.75) is 25.7 Å². The van der Waals surface area contributed by atoms with E-state index in [-0.39, 0.29) is 31.9 Å². The van der Waals surface area contributed by atoms with E-state index in [1.165, 1.54) is 28.1 Å². The van der Waals surface area contributed by atoms with Crippen LogP contribution in [0.5, 0.6) is 0 Å². The fourth-order valence-corrected chi connectivity index (χ4v) is 2.46. The maximum Gasteiger partial charge on any atom is 0.401 e. The number of rotatable bonds is 3. The zero-order valence-electron chi connectivity index (χ0n) is 12.6. The van der Waals surface area contributed by atoms with Gasteiger partial charge in [0.05, 0.1) is 18.8 Å². The molecule has 1 saturated heterocycles. The molecule has 1 aromatic heterocycles. The summed E-state index contributed by atoms with van der Waals surface area (Å²) in [5, 5.41) is 2.54. The molecule has 0 spiro atoms. The molecule has 0 bridgehead atoms. The second-order valence-corrected chi connectivity index (χ2v) is 5.47. The van der Waals surface area contributed by atoms with Crippen molar-refractivity contribution in [1.29, 1.82) is 0 Å². The number of nitrogens with zero attached hydrogens (tertiary/aromatic N) is 3. The van der Waals surface area contributed by atoms with Gasteiger partial charge in [-0.1, -0.05) is 0 Å². The van der Waals surface area contributed by atoms with Crippen molar-refractivity contribution in [3.05, 3.63) is 29.8 Å². The molecular weight excluding hydrogens is 316 g/mol. The summed E-state index contributed by atoms with van der Waals surface area (Å²) in [4.78, 5) is 18.6. The number of hydrogen-bond acceptors (Lipinski definition) is 3. The first-order valence-corrected chi connectivity index (χ1v) is 7.19. The number of amides is 2. The van der Waals surface area contributed by atoms with Gasteiger partial charge >= 0.3 is 12.2 Å². The van der Waals surface area contributed by atoms with Crippen LogP contribution in [0.1, 0.15) is 12.6 Å². The van der Waals surface area contributed by atoms with Crippen LogP contribution in [0.4, 0.5) is 22.4 Å². The second kappa shape index (κ2) is 7.12. The molecule has 1 N–H and O–H groups in total. The summed E-state index contributed by atoms with van der Waals surface area (Å²) in [7, 11) is 0. The number of aromatic nitrogens is 1. The third kappa shape index (κ3) is 5.05. The van der Waals surface area contributed by atoms with Crippen LogP contribution in [-0.4, -0.2) is 59.2 Å². The topological polar surface area (TPSA) is 48.5 Å². The molecule has 2 heterocycles. The lowest BCUT2D eigenvalue weighted by Crippen LogP contribution is -2.57. The third-order valence-corrected chi connectivity index (χ3v) is 3.68. The average molecular weight is 334 g/mol. The zero-order valence-corrected chi connectivity index (χ0v) is 12.6. The molecule has 5 nitrogen and oxygen atoms in total. The van der Waals surface area contributed by atoms with Crippen LogP contribution < -0.4 is 5.32 Å². The Morgan fingerprint density at radius 2 is 2.17 bits per heavy atom. The van der Waals surface area contributed by atoms with E-state index in [0.717, 1.165) is 0 Å². The van der Waals surface area contributed by atoms with Gasteiger partial charge < -0.3 is 10.2 Å². The molecule has 0 aromatic carbocycles. The summed E-state index contributed by atoms with van der Waals surface area (Å²) < 4.78 is 50.7. The van der Waals surface area contributed by atoms with Crippen molar-refractivity contribution < 1.29 is 22.4 Å². The molecule has 1 aliphatic heterocycles. The molecule has 2 amide bonds. The van der Waals surface area contributed by atoms with E-state index >= 15 is 0 Å². The highest BCUT2D eigenvalue weighted by Crippen LogP contribution is 2.20. The highest BCUT2D eigenvalue weighted by Gasteiger charge is 2.35. The molecule has 0 unspecified atom stereocenters. The quantitative estimate of drug-likeness (QED) is 0.860.